The van der Waals surface area contributed by atoms with E-state index < -0.39 is 0 Å². The first-order valence-corrected chi connectivity index (χ1v) is 4.82. The maximum absolute atomic E-state index is 11.6. The summed E-state index contributed by atoms with van der Waals surface area (Å²) in [6.45, 7) is 3.52. The first kappa shape index (κ1) is 11.5. The number of hydrogen-bond acceptors (Lipinski definition) is 4. The smallest absolute Gasteiger partial charge is 0.274 e. The van der Waals surface area contributed by atoms with E-state index in [2.05, 4.69) is 15.5 Å². The number of aliphatic hydroxyl groups is 1. The monoisotopic (exact) mass is 212 g/mol. The number of H-pyrrole nitrogens is 1. The predicted octanol–water partition coefficient (Wildman–Crippen LogP) is -0.199. The fraction of sp³-hybridized carbons (Fsp3) is 0.556. The van der Waals surface area contributed by atoms with Gasteiger partial charge in [0.1, 0.15) is 0 Å². The van der Waals surface area contributed by atoms with E-state index in [1.165, 1.54) is 0 Å². The van der Waals surface area contributed by atoms with Gasteiger partial charge in [-0.15, -0.1) is 0 Å². The highest BCUT2D eigenvalue weighted by molar-refractivity contribution is 5.97. The third kappa shape index (κ3) is 2.47. The Labute approximate surface area is 87.9 Å². The Morgan fingerprint density at radius 1 is 1.73 bits per heavy atom. The number of aromatic amines is 1. The van der Waals surface area contributed by atoms with E-state index in [1.807, 2.05) is 6.92 Å². The largest absolute Gasteiger partial charge is 0.395 e. The molecular formula is C9H16N4O2. The average molecular weight is 212 g/mol. The van der Waals surface area contributed by atoms with Crippen molar-refractivity contribution in [3.05, 3.63) is 11.4 Å². The summed E-state index contributed by atoms with van der Waals surface area (Å²) in [6.07, 6.45) is 0.658. The Balaban J connectivity index is 2.73. The van der Waals surface area contributed by atoms with Gasteiger partial charge in [-0.25, -0.2) is 0 Å². The second kappa shape index (κ2) is 4.79. The van der Waals surface area contributed by atoms with E-state index in [9.17, 15) is 4.79 Å². The summed E-state index contributed by atoms with van der Waals surface area (Å²) >= 11 is 0. The van der Waals surface area contributed by atoms with Crippen LogP contribution in [0.15, 0.2) is 0 Å². The fourth-order valence-electron chi connectivity index (χ4n) is 1.14. The first-order valence-electron chi connectivity index (χ1n) is 4.82. The molecule has 1 rings (SSSR count). The zero-order valence-corrected chi connectivity index (χ0v) is 8.87. The summed E-state index contributed by atoms with van der Waals surface area (Å²) in [5, 5.41) is 18.0. The van der Waals surface area contributed by atoms with Crippen LogP contribution in [0.3, 0.4) is 0 Å². The van der Waals surface area contributed by atoms with Crippen LogP contribution >= 0.6 is 0 Å². The highest BCUT2D eigenvalue weighted by Gasteiger charge is 2.17. The average Bonchev–Trinajstić information content (AvgIpc) is 2.56. The molecule has 0 radical (unpaired) electrons. The van der Waals surface area contributed by atoms with Gasteiger partial charge in [-0.05, 0) is 13.3 Å². The molecule has 1 aromatic heterocycles. The van der Waals surface area contributed by atoms with Crippen LogP contribution in [0.1, 0.15) is 29.5 Å². The molecule has 1 atom stereocenters. The molecule has 0 aliphatic rings. The maximum Gasteiger partial charge on any atom is 0.274 e. The predicted molar refractivity (Wildman–Crippen MR) is 56.4 cm³/mol. The molecular weight excluding hydrogens is 196 g/mol. The van der Waals surface area contributed by atoms with Crippen LogP contribution in [0.5, 0.6) is 0 Å². The standard InChI is InChI=1S/C9H16N4O2/c1-3-6(4-14)11-9(15)8-7(10)5(2)12-13-8/h6,14H,3-4,10H2,1-2H3,(H,11,15)(H,12,13). The molecule has 1 unspecified atom stereocenters. The molecule has 84 valence electrons. The van der Waals surface area contributed by atoms with Crippen molar-refractivity contribution >= 4 is 11.6 Å². The summed E-state index contributed by atoms with van der Waals surface area (Å²) in [5.41, 5.74) is 6.84. The van der Waals surface area contributed by atoms with Gasteiger partial charge >= 0.3 is 0 Å². The molecule has 1 amide bonds. The number of hydrogen-bond donors (Lipinski definition) is 4. The van der Waals surface area contributed by atoms with Gasteiger partial charge in [-0.3, -0.25) is 9.89 Å². The van der Waals surface area contributed by atoms with Crippen molar-refractivity contribution in [2.45, 2.75) is 26.3 Å². The van der Waals surface area contributed by atoms with Gasteiger partial charge in [-0.1, -0.05) is 6.92 Å². The number of aromatic nitrogens is 2. The van der Waals surface area contributed by atoms with Crippen molar-refractivity contribution in [2.24, 2.45) is 0 Å². The number of anilines is 1. The number of nitrogens with zero attached hydrogens (tertiary/aromatic N) is 1. The van der Waals surface area contributed by atoms with Gasteiger partial charge in [-0.2, -0.15) is 5.10 Å². The Kier molecular flexibility index (Phi) is 3.68. The number of rotatable bonds is 4. The van der Waals surface area contributed by atoms with E-state index in [0.717, 1.165) is 0 Å². The van der Waals surface area contributed by atoms with Crippen LogP contribution < -0.4 is 11.1 Å². The maximum atomic E-state index is 11.6. The van der Waals surface area contributed by atoms with Crippen molar-refractivity contribution < 1.29 is 9.90 Å². The number of nitrogens with two attached hydrogens (primary N) is 1. The van der Waals surface area contributed by atoms with Crippen LogP contribution in [-0.2, 0) is 0 Å². The molecule has 0 fully saturated rings. The third-order valence-electron chi connectivity index (χ3n) is 2.26. The van der Waals surface area contributed by atoms with Gasteiger partial charge in [0.15, 0.2) is 5.69 Å². The van der Waals surface area contributed by atoms with Crippen LogP contribution in [-0.4, -0.2) is 33.9 Å². The van der Waals surface area contributed by atoms with E-state index in [-0.39, 0.29) is 24.2 Å². The summed E-state index contributed by atoms with van der Waals surface area (Å²) in [7, 11) is 0. The van der Waals surface area contributed by atoms with Crippen molar-refractivity contribution in [2.75, 3.05) is 12.3 Å². The number of carbonyl (C=O) groups is 1. The number of nitrogens with one attached hydrogen (secondary N) is 2. The number of aryl methyl sites for hydroxylation is 1. The Morgan fingerprint density at radius 3 is 2.80 bits per heavy atom. The SMILES string of the molecule is CCC(CO)NC(=O)c1n[nH]c(C)c1N. The molecule has 0 saturated heterocycles. The number of nitrogen functional groups attached to an aromatic ring is 1. The first-order chi connectivity index (χ1) is 7.10. The minimum Gasteiger partial charge on any atom is -0.395 e. The zero-order chi connectivity index (χ0) is 11.4. The molecule has 6 heteroatoms. The van der Waals surface area contributed by atoms with Gasteiger partial charge in [0.05, 0.1) is 24.0 Å². The van der Waals surface area contributed by atoms with Crippen molar-refractivity contribution in [1.82, 2.24) is 15.5 Å². The number of amides is 1. The van der Waals surface area contributed by atoms with Crippen LogP contribution in [0, 0.1) is 6.92 Å². The highest BCUT2D eigenvalue weighted by Crippen LogP contribution is 2.12. The Hall–Kier alpha value is -1.56. The molecule has 0 aromatic carbocycles. The quantitative estimate of drug-likeness (QED) is 0.554. The summed E-state index contributed by atoms with van der Waals surface area (Å²) in [5.74, 6) is -0.363. The minimum absolute atomic E-state index is 0.0917. The van der Waals surface area contributed by atoms with E-state index >= 15 is 0 Å². The summed E-state index contributed by atoms with van der Waals surface area (Å²) in [4.78, 5) is 11.6. The molecule has 0 spiro atoms. The molecule has 5 N–H and O–H groups in total. The fourth-order valence-corrected chi connectivity index (χ4v) is 1.14. The van der Waals surface area contributed by atoms with Crippen LogP contribution in [0.2, 0.25) is 0 Å². The summed E-state index contributed by atoms with van der Waals surface area (Å²) < 4.78 is 0. The normalized spacial score (nSPS) is 12.5. The number of aliphatic hydroxyl groups excluding tert-OH is 1. The molecule has 0 bridgehead atoms. The van der Waals surface area contributed by atoms with Crippen LogP contribution in [0.4, 0.5) is 5.69 Å². The molecule has 0 saturated carbocycles. The lowest BCUT2D eigenvalue weighted by Crippen LogP contribution is -2.37. The molecule has 0 aliphatic heterocycles. The molecule has 6 nitrogen and oxygen atoms in total. The van der Waals surface area contributed by atoms with E-state index in [1.54, 1.807) is 6.92 Å². The molecule has 0 aliphatic carbocycles. The third-order valence-corrected chi connectivity index (χ3v) is 2.26. The number of carbonyl (C=O) groups excluding carboxylic acids is 1. The summed E-state index contributed by atoms with van der Waals surface area (Å²) in [6, 6.07) is -0.256. The molecule has 1 aromatic rings. The van der Waals surface area contributed by atoms with Gasteiger partial charge in [0.2, 0.25) is 0 Å². The van der Waals surface area contributed by atoms with Crippen molar-refractivity contribution in [1.29, 1.82) is 0 Å². The Morgan fingerprint density at radius 2 is 2.40 bits per heavy atom. The lowest BCUT2D eigenvalue weighted by molar-refractivity contribution is 0.0911. The van der Waals surface area contributed by atoms with Crippen molar-refractivity contribution in [3.8, 4) is 0 Å². The zero-order valence-electron chi connectivity index (χ0n) is 8.87. The second-order valence-corrected chi connectivity index (χ2v) is 3.37. The minimum atomic E-state index is -0.363. The lowest BCUT2D eigenvalue weighted by atomic mass is 10.2. The van der Waals surface area contributed by atoms with E-state index in [0.29, 0.717) is 17.8 Å². The Bertz CT molecular complexity index is 344. The van der Waals surface area contributed by atoms with Crippen LogP contribution in [0.25, 0.3) is 0 Å². The second-order valence-electron chi connectivity index (χ2n) is 3.37. The van der Waals surface area contributed by atoms with Gasteiger partial charge in [0, 0.05) is 0 Å². The van der Waals surface area contributed by atoms with Gasteiger partial charge in [0.25, 0.3) is 5.91 Å². The van der Waals surface area contributed by atoms with Gasteiger partial charge < -0.3 is 16.2 Å². The molecule has 15 heavy (non-hydrogen) atoms. The topological polar surface area (TPSA) is 104 Å². The van der Waals surface area contributed by atoms with E-state index in [4.69, 9.17) is 10.8 Å². The molecule has 1 heterocycles. The van der Waals surface area contributed by atoms with Crippen molar-refractivity contribution in [3.63, 3.8) is 0 Å². The lowest BCUT2D eigenvalue weighted by Gasteiger charge is -2.12. The highest BCUT2D eigenvalue weighted by atomic mass is 16.3.